The molecule has 148 valence electrons. The lowest BCUT2D eigenvalue weighted by Crippen LogP contribution is -2.52. The predicted octanol–water partition coefficient (Wildman–Crippen LogP) is 1.40. The number of hydrogen-bond donors (Lipinski definition) is 1. The molecule has 0 bridgehead atoms. The molecule has 3 amide bonds. The maximum absolute atomic E-state index is 12.9. The number of carbonyl (C=O) groups is 3. The number of halogens is 1. The van der Waals surface area contributed by atoms with Gasteiger partial charge in [-0.1, -0.05) is 17.7 Å². The lowest BCUT2D eigenvalue weighted by molar-refractivity contribution is -0.136. The summed E-state index contributed by atoms with van der Waals surface area (Å²) < 4.78 is 12.2. The minimum Gasteiger partial charge on any atom is -0.399 e. The van der Waals surface area contributed by atoms with Gasteiger partial charge in [-0.3, -0.25) is 19.7 Å². The molecule has 1 atom stereocenters. The Labute approximate surface area is 168 Å². The van der Waals surface area contributed by atoms with E-state index in [2.05, 4.69) is 5.32 Å². The number of rotatable bonds is 2. The van der Waals surface area contributed by atoms with E-state index in [0.29, 0.717) is 22.5 Å². The highest BCUT2D eigenvalue weighted by Gasteiger charge is 2.52. The van der Waals surface area contributed by atoms with E-state index in [4.69, 9.17) is 20.9 Å². The molecular formula is C19H22BClN2O5. The number of piperidine rings is 1. The third-order valence-electron chi connectivity index (χ3n) is 6.15. The van der Waals surface area contributed by atoms with E-state index in [1.165, 1.54) is 4.90 Å². The Balaban J connectivity index is 1.62. The minimum atomic E-state index is -0.656. The fraction of sp³-hybridized carbons (Fsp3) is 0.526. The van der Waals surface area contributed by atoms with Gasteiger partial charge in [-0.2, -0.15) is 0 Å². The van der Waals surface area contributed by atoms with Gasteiger partial charge < -0.3 is 14.2 Å². The molecule has 0 aromatic heterocycles. The highest BCUT2D eigenvalue weighted by Crippen LogP contribution is 2.38. The van der Waals surface area contributed by atoms with Crippen LogP contribution in [0.15, 0.2) is 12.1 Å². The van der Waals surface area contributed by atoms with Crippen molar-refractivity contribution >= 4 is 41.9 Å². The second kappa shape index (κ2) is 6.30. The van der Waals surface area contributed by atoms with Crippen molar-refractivity contribution in [3.8, 4) is 0 Å². The van der Waals surface area contributed by atoms with Crippen LogP contribution >= 0.6 is 11.6 Å². The quantitative estimate of drug-likeness (QED) is 0.595. The molecule has 3 heterocycles. The fourth-order valence-corrected chi connectivity index (χ4v) is 4.01. The van der Waals surface area contributed by atoms with E-state index in [9.17, 15) is 14.4 Å². The van der Waals surface area contributed by atoms with Gasteiger partial charge in [-0.15, -0.1) is 0 Å². The normalized spacial score (nSPS) is 25.9. The Kier molecular flexibility index (Phi) is 4.37. The molecule has 28 heavy (non-hydrogen) atoms. The zero-order valence-corrected chi connectivity index (χ0v) is 17.1. The first-order valence-electron chi connectivity index (χ1n) is 9.33. The van der Waals surface area contributed by atoms with E-state index >= 15 is 0 Å². The summed E-state index contributed by atoms with van der Waals surface area (Å²) in [5.74, 6) is -1.00. The van der Waals surface area contributed by atoms with Crippen molar-refractivity contribution in [3.05, 3.63) is 28.3 Å². The molecule has 0 spiro atoms. The van der Waals surface area contributed by atoms with Gasteiger partial charge in [0.25, 0.3) is 5.91 Å². The summed E-state index contributed by atoms with van der Waals surface area (Å²) in [6.07, 6.45) is 0.540. The van der Waals surface area contributed by atoms with Crippen molar-refractivity contribution in [2.24, 2.45) is 0 Å². The number of carbonyl (C=O) groups excluding carboxylic acids is 3. The fourth-order valence-electron chi connectivity index (χ4n) is 3.76. The smallest absolute Gasteiger partial charge is 0.399 e. The van der Waals surface area contributed by atoms with Crippen molar-refractivity contribution in [1.29, 1.82) is 0 Å². The van der Waals surface area contributed by atoms with Gasteiger partial charge in [0.1, 0.15) is 6.04 Å². The zero-order chi connectivity index (χ0) is 20.4. The second-order valence-electron chi connectivity index (χ2n) is 8.52. The molecule has 2 fully saturated rings. The molecule has 0 aliphatic carbocycles. The SMILES string of the molecule is CC1(C)OB(c2cc3c(cc2Cl)C(=O)N(C2CCC(=O)NC2=O)C3)OC1(C)C. The summed E-state index contributed by atoms with van der Waals surface area (Å²) in [7, 11) is -0.637. The predicted molar refractivity (Wildman–Crippen MR) is 103 cm³/mol. The number of imide groups is 1. The number of nitrogens with one attached hydrogen (secondary N) is 1. The lowest BCUT2D eigenvalue weighted by atomic mass is 9.77. The second-order valence-corrected chi connectivity index (χ2v) is 8.93. The molecule has 0 saturated carbocycles. The van der Waals surface area contributed by atoms with Crippen LogP contribution in [0, 0.1) is 0 Å². The van der Waals surface area contributed by atoms with Gasteiger partial charge in [0.2, 0.25) is 11.8 Å². The van der Waals surface area contributed by atoms with Crippen LogP contribution in [0.25, 0.3) is 0 Å². The largest absolute Gasteiger partial charge is 0.496 e. The Morgan fingerprint density at radius 3 is 2.39 bits per heavy atom. The number of fused-ring (bicyclic) bond motifs is 1. The molecular weight excluding hydrogens is 382 g/mol. The topological polar surface area (TPSA) is 84.9 Å². The Bertz CT molecular complexity index is 885. The molecule has 1 aromatic rings. The maximum Gasteiger partial charge on any atom is 0.496 e. The molecule has 4 rings (SSSR count). The molecule has 3 aliphatic rings. The van der Waals surface area contributed by atoms with E-state index < -0.39 is 30.3 Å². The first kappa shape index (κ1) is 19.4. The van der Waals surface area contributed by atoms with Gasteiger partial charge in [-0.25, -0.2) is 0 Å². The van der Waals surface area contributed by atoms with Crippen LogP contribution in [-0.2, 0) is 25.4 Å². The first-order chi connectivity index (χ1) is 13.0. The van der Waals surface area contributed by atoms with Crippen LogP contribution in [0.2, 0.25) is 5.02 Å². The summed E-state index contributed by atoms with van der Waals surface area (Å²) in [5.41, 5.74) is 0.888. The molecule has 1 unspecified atom stereocenters. The average Bonchev–Trinajstić information content (AvgIpc) is 3.00. The Morgan fingerprint density at radius 1 is 1.14 bits per heavy atom. The molecule has 0 radical (unpaired) electrons. The van der Waals surface area contributed by atoms with Crippen molar-refractivity contribution in [1.82, 2.24) is 10.2 Å². The minimum absolute atomic E-state index is 0.219. The van der Waals surface area contributed by atoms with Crippen LogP contribution in [0.1, 0.15) is 56.5 Å². The number of amides is 3. The van der Waals surface area contributed by atoms with Crippen molar-refractivity contribution in [2.75, 3.05) is 0 Å². The number of benzene rings is 1. The van der Waals surface area contributed by atoms with Gasteiger partial charge in [0.05, 0.1) is 11.2 Å². The Hall–Kier alpha value is -1.90. The molecule has 1 N–H and O–H groups in total. The third-order valence-corrected chi connectivity index (χ3v) is 6.48. The Morgan fingerprint density at radius 2 is 1.79 bits per heavy atom. The molecule has 2 saturated heterocycles. The van der Waals surface area contributed by atoms with Gasteiger partial charge in [-0.05, 0) is 45.7 Å². The van der Waals surface area contributed by atoms with Gasteiger partial charge >= 0.3 is 7.12 Å². The maximum atomic E-state index is 12.9. The summed E-state index contributed by atoms with van der Waals surface area (Å²) in [4.78, 5) is 37.9. The van der Waals surface area contributed by atoms with Crippen molar-refractivity contribution in [3.63, 3.8) is 0 Å². The molecule has 7 nitrogen and oxygen atoms in total. The van der Waals surface area contributed by atoms with E-state index in [-0.39, 0.29) is 24.8 Å². The molecule has 3 aliphatic heterocycles. The number of hydrogen-bond acceptors (Lipinski definition) is 5. The summed E-state index contributed by atoms with van der Waals surface area (Å²) in [5, 5.41) is 2.69. The third kappa shape index (κ3) is 2.94. The zero-order valence-electron chi connectivity index (χ0n) is 16.3. The van der Waals surface area contributed by atoms with Gasteiger partial charge in [0, 0.05) is 29.0 Å². The average molecular weight is 405 g/mol. The van der Waals surface area contributed by atoms with Crippen LogP contribution < -0.4 is 10.8 Å². The lowest BCUT2D eigenvalue weighted by Gasteiger charge is -2.32. The van der Waals surface area contributed by atoms with Crippen LogP contribution in [-0.4, -0.2) is 47.0 Å². The first-order valence-corrected chi connectivity index (χ1v) is 9.70. The van der Waals surface area contributed by atoms with Gasteiger partial charge in [0.15, 0.2) is 0 Å². The van der Waals surface area contributed by atoms with Crippen molar-refractivity contribution < 1.29 is 23.7 Å². The van der Waals surface area contributed by atoms with Crippen LogP contribution in [0.4, 0.5) is 0 Å². The van der Waals surface area contributed by atoms with E-state index in [0.717, 1.165) is 5.56 Å². The summed E-state index contributed by atoms with van der Waals surface area (Å²) in [6, 6.07) is 2.78. The van der Waals surface area contributed by atoms with E-state index in [1.54, 1.807) is 6.07 Å². The number of nitrogens with zero attached hydrogens (tertiary/aromatic N) is 1. The van der Waals surface area contributed by atoms with Crippen LogP contribution in [0.3, 0.4) is 0 Å². The highest BCUT2D eigenvalue weighted by molar-refractivity contribution is 6.65. The monoisotopic (exact) mass is 404 g/mol. The highest BCUT2D eigenvalue weighted by atomic mass is 35.5. The summed E-state index contributed by atoms with van der Waals surface area (Å²) >= 11 is 6.47. The van der Waals surface area contributed by atoms with Crippen molar-refractivity contribution in [2.45, 2.75) is 64.3 Å². The van der Waals surface area contributed by atoms with Crippen LogP contribution in [0.5, 0.6) is 0 Å². The molecule has 1 aromatic carbocycles. The molecule has 9 heteroatoms. The standard InChI is InChI=1S/C19H22BClN2O5/c1-18(2)19(3,4)28-20(27-18)12-7-10-9-23(17(26)11(10)8-13(12)21)14-5-6-15(24)22-16(14)25/h7-8,14H,5-6,9H2,1-4H3,(H,22,24,25). The summed E-state index contributed by atoms with van der Waals surface area (Å²) in [6.45, 7) is 8.13. The van der Waals surface area contributed by atoms with E-state index in [1.807, 2.05) is 33.8 Å².